The van der Waals surface area contributed by atoms with Gasteiger partial charge in [-0.2, -0.15) is 0 Å². The van der Waals surface area contributed by atoms with Crippen LogP contribution in [0.4, 0.5) is 0 Å². The molecule has 2 heterocycles. The monoisotopic (exact) mass is 334 g/mol. The van der Waals surface area contributed by atoms with Gasteiger partial charge in [0.05, 0.1) is 5.69 Å². The van der Waals surface area contributed by atoms with Gasteiger partial charge >= 0.3 is 5.97 Å². The van der Waals surface area contributed by atoms with Crippen LogP contribution >= 0.6 is 0 Å². The normalized spacial score (nSPS) is 15.6. The largest absolute Gasteiger partial charge is 0.477 e. The van der Waals surface area contributed by atoms with Gasteiger partial charge in [-0.25, -0.2) is 9.78 Å². The van der Waals surface area contributed by atoms with Gasteiger partial charge in [-0.1, -0.05) is 49.6 Å². The average Bonchev–Trinajstić information content (AvgIpc) is 2.95. The lowest BCUT2D eigenvalue weighted by Gasteiger charge is -2.23. The lowest BCUT2D eigenvalue weighted by Crippen LogP contribution is -2.06. The maximum Gasteiger partial charge on any atom is 0.354 e. The van der Waals surface area contributed by atoms with Crippen molar-refractivity contribution in [2.75, 3.05) is 0 Å². The molecule has 128 valence electrons. The zero-order valence-corrected chi connectivity index (χ0v) is 14.4. The van der Waals surface area contributed by atoms with Crippen LogP contribution in [-0.4, -0.2) is 20.6 Å². The van der Waals surface area contributed by atoms with E-state index in [0.29, 0.717) is 5.92 Å². The Hall–Kier alpha value is -2.62. The number of hydrogen-bond donors (Lipinski definition) is 1. The number of pyridine rings is 1. The predicted octanol–water partition coefficient (Wildman–Crippen LogP) is 4.99. The maximum absolute atomic E-state index is 11.3. The fourth-order valence-corrected chi connectivity index (χ4v) is 4.20. The molecule has 3 aromatic rings. The van der Waals surface area contributed by atoms with Crippen molar-refractivity contribution in [2.24, 2.45) is 7.05 Å². The summed E-state index contributed by atoms with van der Waals surface area (Å²) in [5, 5.41) is 10.4. The number of aryl methyl sites for hydroxylation is 1. The highest BCUT2D eigenvalue weighted by Gasteiger charge is 2.26. The highest BCUT2D eigenvalue weighted by atomic mass is 16.4. The minimum absolute atomic E-state index is 0.0999. The van der Waals surface area contributed by atoms with E-state index in [0.717, 1.165) is 11.0 Å². The number of aromatic nitrogens is 2. The van der Waals surface area contributed by atoms with Crippen LogP contribution in [0.3, 0.4) is 0 Å². The molecule has 0 spiro atoms. The molecule has 1 aliphatic rings. The van der Waals surface area contributed by atoms with Gasteiger partial charge in [0.2, 0.25) is 0 Å². The van der Waals surface area contributed by atoms with E-state index in [-0.39, 0.29) is 5.69 Å². The Bertz CT molecular complexity index is 922. The number of hydrogen-bond acceptors (Lipinski definition) is 2. The fourth-order valence-electron chi connectivity index (χ4n) is 4.20. The second-order valence-electron chi connectivity index (χ2n) is 6.90. The van der Waals surface area contributed by atoms with Gasteiger partial charge in [0.1, 0.15) is 5.65 Å². The zero-order chi connectivity index (χ0) is 17.4. The number of benzene rings is 1. The molecule has 0 saturated heterocycles. The Morgan fingerprint density at radius 3 is 2.48 bits per heavy atom. The van der Waals surface area contributed by atoms with Crippen molar-refractivity contribution in [1.29, 1.82) is 0 Å². The van der Waals surface area contributed by atoms with Gasteiger partial charge in [-0.15, -0.1) is 0 Å². The van der Waals surface area contributed by atoms with E-state index in [9.17, 15) is 9.90 Å². The molecule has 2 aromatic heterocycles. The summed E-state index contributed by atoms with van der Waals surface area (Å²) in [6.45, 7) is 0. The summed E-state index contributed by atoms with van der Waals surface area (Å²) in [5.74, 6) is -0.464. The number of carbonyl (C=O) groups is 1. The average molecular weight is 334 g/mol. The van der Waals surface area contributed by atoms with Gasteiger partial charge in [-0.05, 0) is 42.0 Å². The summed E-state index contributed by atoms with van der Waals surface area (Å²) in [7, 11) is 2.00. The molecule has 4 rings (SSSR count). The van der Waals surface area contributed by atoms with E-state index in [1.54, 1.807) is 6.07 Å². The van der Waals surface area contributed by atoms with Gasteiger partial charge in [0.25, 0.3) is 0 Å². The lowest BCUT2D eigenvalue weighted by atomic mass is 9.82. The van der Waals surface area contributed by atoms with Crippen LogP contribution in [-0.2, 0) is 7.05 Å². The van der Waals surface area contributed by atoms with Crippen LogP contribution in [0.5, 0.6) is 0 Å². The van der Waals surface area contributed by atoms with Gasteiger partial charge < -0.3 is 9.67 Å². The molecule has 1 aromatic carbocycles. The first kappa shape index (κ1) is 15.9. The minimum atomic E-state index is -0.983. The van der Waals surface area contributed by atoms with Crippen LogP contribution in [0.25, 0.3) is 22.3 Å². The van der Waals surface area contributed by atoms with Crippen molar-refractivity contribution in [1.82, 2.24) is 9.55 Å². The molecule has 0 atom stereocenters. The molecule has 0 aliphatic heterocycles. The highest BCUT2D eigenvalue weighted by Crippen LogP contribution is 2.43. The minimum Gasteiger partial charge on any atom is -0.477 e. The van der Waals surface area contributed by atoms with Crippen molar-refractivity contribution in [3.63, 3.8) is 0 Å². The third-order valence-electron chi connectivity index (χ3n) is 5.35. The van der Waals surface area contributed by atoms with Crippen molar-refractivity contribution in [3.05, 3.63) is 53.7 Å². The standard InChI is InChI=1S/C21H22N2O2/c1-23-19(15-10-6-3-7-11-15)18(14-8-4-2-5-9-14)16-12-13-17(21(24)25)22-20(16)23/h3,6-7,10-14H,2,4-5,8-9H2,1H3,(H,24,25). The van der Waals surface area contributed by atoms with Crippen molar-refractivity contribution < 1.29 is 9.90 Å². The summed E-state index contributed by atoms with van der Waals surface area (Å²) in [6.07, 6.45) is 6.22. The Labute approximate surface area is 147 Å². The Balaban J connectivity index is 2.00. The molecule has 1 saturated carbocycles. The topological polar surface area (TPSA) is 55.1 Å². The summed E-state index contributed by atoms with van der Waals surface area (Å²) >= 11 is 0. The van der Waals surface area contributed by atoms with Crippen LogP contribution in [0.2, 0.25) is 0 Å². The number of aromatic carboxylic acids is 1. The SMILES string of the molecule is Cn1c(-c2ccccc2)c(C2CCCCC2)c2ccc(C(=O)O)nc21. The molecule has 0 unspecified atom stereocenters. The lowest BCUT2D eigenvalue weighted by molar-refractivity contribution is 0.0691. The first-order valence-corrected chi connectivity index (χ1v) is 8.95. The summed E-state index contributed by atoms with van der Waals surface area (Å²) in [6, 6.07) is 13.9. The number of carboxylic acids is 1. The molecular weight excluding hydrogens is 312 g/mol. The van der Waals surface area contributed by atoms with Gasteiger partial charge in [-0.3, -0.25) is 0 Å². The van der Waals surface area contributed by atoms with E-state index in [4.69, 9.17) is 0 Å². The van der Waals surface area contributed by atoms with E-state index in [2.05, 4.69) is 21.7 Å². The first-order valence-electron chi connectivity index (χ1n) is 8.95. The Kier molecular flexibility index (Phi) is 4.04. The van der Waals surface area contributed by atoms with Crippen LogP contribution in [0, 0.1) is 0 Å². The number of fused-ring (bicyclic) bond motifs is 1. The summed E-state index contributed by atoms with van der Waals surface area (Å²) < 4.78 is 2.07. The third-order valence-corrected chi connectivity index (χ3v) is 5.35. The summed E-state index contributed by atoms with van der Waals surface area (Å²) in [5.41, 5.74) is 4.55. The van der Waals surface area contributed by atoms with Gasteiger partial charge in [0, 0.05) is 12.4 Å². The van der Waals surface area contributed by atoms with Crippen LogP contribution in [0.15, 0.2) is 42.5 Å². The molecule has 0 bridgehead atoms. The van der Waals surface area contributed by atoms with E-state index in [1.807, 2.05) is 31.3 Å². The second kappa shape index (κ2) is 6.36. The van der Waals surface area contributed by atoms with Gasteiger partial charge in [0.15, 0.2) is 5.69 Å². The zero-order valence-electron chi connectivity index (χ0n) is 14.4. The molecular formula is C21H22N2O2. The Morgan fingerprint density at radius 2 is 1.80 bits per heavy atom. The van der Waals surface area contributed by atoms with E-state index in [1.165, 1.54) is 48.9 Å². The summed E-state index contributed by atoms with van der Waals surface area (Å²) in [4.78, 5) is 15.8. The number of rotatable bonds is 3. The van der Waals surface area contributed by atoms with Crippen LogP contribution < -0.4 is 0 Å². The third kappa shape index (κ3) is 2.72. The molecule has 0 amide bonds. The maximum atomic E-state index is 11.3. The molecule has 1 fully saturated rings. The first-order chi connectivity index (χ1) is 12.2. The quantitative estimate of drug-likeness (QED) is 0.734. The smallest absolute Gasteiger partial charge is 0.354 e. The van der Waals surface area contributed by atoms with Crippen LogP contribution in [0.1, 0.15) is 54.1 Å². The molecule has 1 aliphatic carbocycles. The molecule has 1 N–H and O–H groups in total. The van der Waals surface area contributed by atoms with Crippen molar-refractivity contribution in [3.8, 4) is 11.3 Å². The van der Waals surface area contributed by atoms with Crippen molar-refractivity contribution in [2.45, 2.75) is 38.0 Å². The van der Waals surface area contributed by atoms with E-state index >= 15 is 0 Å². The second-order valence-corrected chi connectivity index (χ2v) is 6.90. The molecule has 4 nitrogen and oxygen atoms in total. The predicted molar refractivity (Wildman–Crippen MR) is 98.9 cm³/mol. The number of nitrogens with zero attached hydrogens (tertiary/aromatic N) is 2. The highest BCUT2D eigenvalue weighted by molar-refractivity contribution is 5.94. The van der Waals surface area contributed by atoms with E-state index < -0.39 is 5.97 Å². The fraction of sp³-hybridized carbons (Fsp3) is 0.333. The van der Waals surface area contributed by atoms with Crippen molar-refractivity contribution >= 4 is 17.0 Å². The molecule has 4 heteroatoms. The molecule has 0 radical (unpaired) electrons. The molecule has 25 heavy (non-hydrogen) atoms. The number of carboxylic acid groups (broad SMARTS) is 1. The Morgan fingerprint density at radius 1 is 1.08 bits per heavy atom.